The van der Waals surface area contributed by atoms with Crippen molar-refractivity contribution < 1.29 is 13.9 Å². The number of halogens is 1. The second-order valence-corrected chi connectivity index (χ2v) is 6.14. The molecule has 134 valence electrons. The maximum atomic E-state index is 13.7. The first-order chi connectivity index (χ1) is 12.3. The molecule has 0 unspecified atom stereocenters. The van der Waals surface area contributed by atoms with Crippen molar-refractivity contribution in [3.8, 4) is 11.5 Å². The van der Waals surface area contributed by atoms with Gasteiger partial charge in [0, 0.05) is 26.2 Å². The number of nitrogens with one attached hydrogen (secondary N) is 1. The van der Waals surface area contributed by atoms with Crippen molar-refractivity contribution in [3.05, 3.63) is 59.7 Å². The van der Waals surface area contributed by atoms with Crippen LogP contribution in [-0.4, -0.2) is 44.9 Å². The third kappa shape index (κ3) is 4.50. The first-order valence-corrected chi connectivity index (χ1v) is 8.67. The summed E-state index contributed by atoms with van der Waals surface area (Å²) in [5.41, 5.74) is 2.02. The molecule has 4 nitrogen and oxygen atoms in total. The molecule has 1 heterocycles. The third-order valence-corrected chi connectivity index (χ3v) is 4.55. The molecule has 0 bridgehead atoms. The van der Waals surface area contributed by atoms with Gasteiger partial charge in [0.05, 0.1) is 13.2 Å². The number of hydrogen-bond acceptors (Lipinski definition) is 4. The van der Waals surface area contributed by atoms with Crippen LogP contribution in [0.5, 0.6) is 11.5 Å². The van der Waals surface area contributed by atoms with Crippen LogP contribution >= 0.6 is 0 Å². The number of nitrogens with zero attached hydrogens (tertiary/aromatic N) is 1. The molecule has 1 atom stereocenters. The van der Waals surface area contributed by atoms with Gasteiger partial charge in [-0.15, -0.1) is 0 Å². The Kier molecular flexibility index (Phi) is 6.25. The van der Waals surface area contributed by atoms with Crippen LogP contribution in [0.3, 0.4) is 0 Å². The van der Waals surface area contributed by atoms with E-state index in [-0.39, 0.29) is 6.04 Å². The molecule has 0 saturated carbocycles. The Morgan fingerprint density at radius 3 is 2.52 bits per heavy atom. The van der Waals surface area contributed by atoms with Gasteiger partial charge in [-0.2, -0.15) is 0 Å². The molecule has 0 radical (unpaired) electrons. The van der Waals surface area contributed by atoms with Gasteiger partial charge in [-0.3, -0.25) is 4.90 Å². The van der Waals surface area contributed by atoms with Crippen LogP contribution in [0.1, 0.15) is 17.2 Å². The molecule has 0 spiro atoms. The average molecular weight is 344 g/mol. The molecule has 1 fully saturated rings. The SMILES string of the molecule is COc1cc([C@@H](CF)N2CCNCC2)ccc1OCc1ccccc1. The van der Waals surface area contributed by atoms with Crippen molar-refractivity contribution in [1.29, 1.82) is 0 Å². The lowest BCUT2D eigenvalue weighted by molar-refractivity contribution is 0.147. The first kappa shape index (κ1) is 17.7. The van der Waals surface area contributed by atoms with E-state index in [9.17, 15) is 4.39 Å². The number of benzene rings is 2. The summed E-state index contributed by atoms with van der Waals surface area (Å²) in [5.74, 6) is 1.31. The Labute approximate surface area is 148 Å². The van der Waals surface area contributed by atoms with Gasteiger partial charge in [0.15, 0.2) is 11.5 Å². The molecule has 25 heavy (non-hydrogen) atoms. The fourth-order valence-electron chi connectivity index (χ4n) is 3.14. The second-order valence-electron chi connectivity index (χ2n) is 6.14. The Balaban J connectivity index is 1.73. The third-order valence-electron chi connectivity index (χ3n) is 4.55. The highest BCUT2D eigenvalue weighted by atomic mass is 19.1. The summed E-state index contributed by atoms with van der Waals surface area (Å²) in [5, 5.41) is 3.30. The van der Waals surface area contributed by atoms with Crippen molar-refractivity contribution >= 4 is 0 Å². The molecule has 1 aliphatic rings. The number of methoxy groups -OCH3 is 1. The highest BCUT2D eigenvalue weighted by Gasteiger charge is 2.23. The molecule has 5 heteroatoms. The van der Waals surface area contributed by atoms with Crippen molar-refractivity contribution in [2.24, 2.45) is 0 Å². The minimum Gasteiger partial charge on any atom is -0.493 e. The smallest absolute Gasteiger partial charge is 0.161 e. The molecule has 3 rings (SSSR count). The Morgan fingerprint density at radius 1 is 1.08 bits per heavy atom. The van der Waals surface area contributed by atoms with E-state index in [2.05, 4.69) is 10.2 Å². The van der Waals surface area contributed by atoms with Crippen molar-refractivity contribution in [1.82, 2.24) is 10.2 Å². The van der Waals surface area contributed by atoms with Crippen molar-refractivity contribution in [2.75, 3.05) is 40.0 Å². The highest BCUT2D eigenvalue weighted by molar-refractivity contribution is 5.44. The number of hydrogen-bond donors (Lipinski definition) is 1. The molecular weight excluding hydrogens is 319 g/mol. The van der Waals surface area contributed by atoms with E-state index in [0.717, 1.165) is 37.3 Å². The van der Waals surface area contributed by atoms with Crippen LogP contribution in [0, 0.1) is 0 Å². The monoisotopic (exact) mass is 344 g/mol. The second kappa shape index (κ2) is 8.83. The summed E-state index contributed by atoms with van der Waals surface area (Å²) in [6.07, 6.45) is 0. The van der Waals surface area contributed by atoms with Crippen LogP contribution < -0.4 is 14.8 Å². The molecule has 1 N–H and O–H groups in total. The number of ether oxygens (including phenoxy) is 2. The molecule has 2 aromatic rings. The highest BCUT2D eigenvalue weighted by Crippen LogP contribution is 2.33. The summed E-state index contributed by atoms with van der Waals surface area (Å²) < 4.78 is 25.1. The summed E-state index contributed by atoms with van der Waals surface area (Å²) in [4.78, 5) is 2.18. The number of alkyl halides is 1. The van der Waals surface area contributed by atoms with Gasteiger partial charge in [0.25, 0.3) is 0 Å². The largest absolute Gasteiger partial charge is 0.493 e. The van der Waals surface area contributed by atoms with E-state index in [4.69, 9.17) is 9.47 Å². The fraction of sp³-hybridized carbons (Fsp3) is 0.400. The molecule has 1 aliphatic heterocycles. The average Bonchev–Trinajstić information content (AvgIpc) is 2.69. The summed E-state index contributed by atoms with van der Waals surface area (Å²) in [6, 6.07) is 15.5. The molecule has 2 aromatic carbocycles. The maximum Gasteiger partial charge on any atom is 0.161 e. The summed E-state index contributed by atoms with van der Waals surface area (Å²) in [6.45, 7) is 3.55. The van der Waals surface area contributed by atoms with E-state index < -0.39 is 6.67 Å². The Bertz CT molecular complexity index is 660. The number of rotatable bonds is 7. The van der Waals surface area contributed by atoms with Gasteiger partial charge in [0.1, 0.15) is 13.3 Å². The lowest BCUT2D eigenvalue weighted by atomic mass is 10.0. The molecular formula is C20H25FN2O2. The van der Waals surface area contributed by atoms with Gasteiger partial charge < -0.3 is 14.8 Å². The lowest BCUT2D eigenvalue weighted by Gasteiger charge is -2.33. The predicted octanol–water partition coefficient (Wildman–Crippen LogP) is 3.19. The van der Waals surface area contributed by atoms with Crippen LogP contribution in [0.15, 0.2) is 48.5 Å². The summed E-state index contributed by atoms with van der Waals surface area (Å²) in [7, 11) is 1.61. The van der Waals surface area contributed by atoms with Crippen LogP contribution in [0.4, 0.5) is 4.39 Å². The zero-order chi connectivity index (χ0) is 17.5. The van der Waals surface area contributed by atoms with Gasteiger partial charge in [-0.25, -0.2) is 4.39 Å². The zero-order valence-electron chi connectivity index (χ0n) is 14.6. The predicted molar refractivity (Wildman–Crippen MR) is 96.9 cm³/mol. The van der Waals surface area contributed by atoms with E-state index in [1.54, 1.807) is 7.11 Å². The van der Waals surface area contributed by atoms with Crippen LogP contribution in [-0.2, 0) is 6.61 Å². The molecule has 1 saturated heterocycles. The minimum absolute atomic E-state index is 0.237. The van der Waals surface area contributed by atoms with E-state index in [0.29, 0.717) is 18.1 Å². The lowest BCUT2D eigenvalue weighted by Crippen LogP contribution is -2.45. The standard InChI is InChI=1S/C20H25FN2O2/c1-24-20-13-17(18(14-21)23-11-9-22-10-12-23)7-8-19(20)25-15-16-5-3-2-4-6-16/h2-8,13,18,22H,9-12,14-15H2,1H3/t18-/m1/s1. The van der Waals surface area contributed by atoms with Crippen LogP contribution in [0.2, 0.25) is 0 Å². The quantitative estimate of drug-likeness (QED) is 0.836. The van der Waals surface area contributed by atoms with Gasteiger partial charge in [-0.05, 0) is 23.3 Å². The van der Waals surface area contributed by atoms with E-state index in [1.807, 2.05) is 48.5 Å². The van der Waals surface area contributed by atoms with Crippen LogP contribution in [0.25, 0.3) is 0 Å². The molecule has 0 aliphatic carbocycles. The topological polar surface area (TPSA) is 33.7 Å². The van der Waals surface area contributed by atoms with E-state index >= 15 is 0 Å². The summed E-state index contributed by atoms with van der Waals surface area (Å²) >= 11 is 0. The van der Waals surface area contributed by atoms with Crippen molar-refractivity contribution in [2.45, 2.75) is 12.6 Å². The van der Waals surface area contributed by atoms with Gasteiger partial charge in [-0.1, -0.05) is 36.4 Å². The van der Waals surface area contributed by atoms with E-state index in [1.165, 1.54) is 0 Å². The number of piperazine rings is 1. The molecule has 0 aromatic heterocycles. The molecule has 0 amide bonds. The van der Waals surface area contributed by atoms with Crippen molar-refractivity contribution in [3.63, 3.8) is 0 Å². The first-order valence-electron chi connectivity index (χ1n) is 8.67. The Morgan fingerprint density at radius 2 is 1.84 bits per heavy atom. The van der Waals surface area contributed by atoms with Gasteiger partial charge in [0.2, 0.25) is 0 Å². The Hall–Kier alpha value is -2.11. The fourth-order valence-corrected chi connectivity index (χ4v) is 3.14. The van der Waals surface area contributed by atoms with Gasteiger partial charge >= 0.3 is 0 Å². The minimum atomic E-state index is -0.409. The normalized spacial score (nSPS) is 16.4. The maximum absolute atomic E-state index is 13.7. The zero-order valence-corrected chi connectivity index (χ0v) is 14.6.